The molecule has 3 aromatic rings. The van der Waals surface area contributed by atoms with E-state index in [-0.39, 0.29) is 29.9 Å². The van der Waals surface area contributed by atoms with Crippen molar-refractivity contribution >= 4 is 29.3 Å². The molecule has 1 saturated heterocycles. The van der Waals surface area contributed by atoms with Gasteiger partial charge in [-0.25, -0.2) is 4.79 Å². The number of aromatic carboxylic acids is 1. The zero-order chi connectivity index (χ0) is 27.8. The van der Waals surface area contributed by atoms with E-state index in [9.17, 15) is 32.7 Å². The second-order valence-corrected chi connectivity index (χ2v) is 9.87. The molecule has 1 heterocycles. The lowest BCUT2D eigenvalue weighted by Gasteiger charge is -2.24. The molecule has 0 unspecified atom stereocenters. The number of hydrogen-bond acceptors (Lipinski definition) is 4. The molecule has 39 heavy (non-hydrogen) atoms. The molecule has 7 nitrogen and oxygen atoms in total. The fraction of sp³-hybridized carbons (Fsp3) is 0.276. The van der Waals surface area contributed by atoms with Crippen LogP contribution in [0.15, 0.2) is 72.8 Å². The highest BCUT2D eigenvalue weighted by atomic mass is 19.4. The molecule has 0 bridgehead atoms. The van der Waals surface area contributed by atoms with Crippen molar-refractivity contribution in [2.45, 2.75) is 43.3 Å². The van der Waals surface area contributed by atoms with Crippen LogP contribution >= 0.6 is 0 Å². The Morgan fingerprint density at radius 3 is 1.90 bits per heavy atom. The third-order valence-electron chi connectivity index (χ3n) is 7.40. The van der Waals surface area contributed by atoms with Gasteiger partial charge in [-0.05, 0) is 72.2 Å². The highest BCUT2D eigenvalue weighted by Gasteiger charge is 2.64. The number of nitrogens with one attached hydrogen (secondary N) is 2. The van der Waals surface area contributed by atoms with E-state index < -0.39 is 29.6 Å². The first kappa shape index (κ1) is 26.3. The van der Waals surface area contributed by atoms with Crippen LogP contribution in [0.25, 0.3) is 11.1 Å². The Labute approximate surface area is 222 Å². The van der Waals surface area contributed by atoms with Gasteiger partial charge in [-0.15, -0.1) is 0 Å². The van der Waals surface area contributed by atoms with E-state index >= 15 is 0 Å². The van der Waals surface area contributed by atoms with Crippen LogP contribution in [0.2, 0.25) is 0 Å². The number of alkyl halides is 3. The average Bonchev–Trinajstić information content (AvgIpc) is 3.59. The molecule has 10 heteroatoms. The molecule has 2 aliphatic rings. The predicted molar refractivity (Wildman–Crippen MR) is 137 cm³/mol. The highest BCUT2D eigenvalue weighted by Crippen LogP contribution is 2.58. The van der Waals surface area contributed by atoms with Crippen LogP contribution in [0.4, 0.5) is 29.3 Å². The lowest BCUT2D eigenvalue weighted by molar-refractivity contribution is -0.255. The number of anilines is 2. The van der Waals surface area contributed by atoms with Gasteiger partial charge in [-0.2, -0.15) is 13.2 Å². The Morgan fingerprint density at radius 2 is 1.36 bits per heavy atom. The van der Waals surface area contributed by atoms with Crippen molar-refractivity contribution in [3.05, 3.63) is 83.9 Å². The number of carbonyl (C=O) groups excluding carboxylic acids is 3. The largest absolute Gasteiger partial charge is 0.545 e. The zero-order valence-electron chi connectivity index (χ0n) is 20.8. The van der Waals surface area contributed by atoms with Crippen LogP contribution in [0, 0.1) is 0 Å². The molecule has 5 rings (SSSR count). The zero-order valence-corrected chi connectivity index (χ0v) is 20.8. The van der Waals surface area contributed by atoms with Crippen LogP contribution in [-0.2, 0) is 10.2 Å². The fourth-order valence-electron chi connectivity index (χ4n) is 4.98. The number of carboxylic acid groups (broad SMARTS) is 1. The first-order valence-electron chi connectivity index (χ1n) is 12.5. The number of urea groups is 1. The predicted octanol–water partition coefficient (Wildman–Crippen LogP) is 4.95. The Bertz CT molecular complexity index is 1380. The summed E-state index contributed by atoms with van der Waals surface area (Å²) < 4.78 is 40.1. The summed E-state index contributed by atoms with van der Waals surface area (Å²) in [5.74, 6) is -1.59. The number of amides is 3. The molecule has 202 valence electrons. The normalized spacial score (nSPS) is 17.9. The van der Waals surface area contributed by atoms with Gasteiger partial charge >= 0.3 is 12.2 Å². The number of halogens is 3. The number of nitrogens with zero attached hydrogens (tertiary/aromatic N) is 1. The van der Waals surface area contributed by atoms with Crippen LogP contribution in [0.5, 0.6) is 0 Å². The number of hydrogen-bond donors (Lipinski definition) is 2. The minimum atomic E-state index is -4.31. The summed E-state index contributed by atoms with van der Waals surface area (Å²) in [6, 6.07) is 17.8. The molecule has 0 radical (unpaired) electrons. The molecule has 3 aromatic carbocycles. The van der Waals surface area contributed by atoms with Crippen LogP contribution in [-0.4, -0.2) is 41.6 Å². The molecule has 3 amide bonds. The summed E-state index contributed by atoms with van der Waals surface area (Å²) >= 11 is 0. The van der Waals surface area contributed by atoms with Crippen molar-refractivity contribution in [3.8, 4) is 11.1 Å². The minimum absolute atomic E-state index is 0.0628. The third-order valence-corrected chi connectivity index (χ3v) is 7.40. The van der Waals surface area contributed by atoms with Crippen molar-refractivity contribution in [1.82, 2.24) is 4.90 Å². The second kappa shape index (κ2) is 10.1. The van der Waals surface area contributed by atoms with Gasteiger partial charge in [-0.1, -0.05) is 48.5 Å². The molecule has 0 spiro atoms. The van der Waals surface area contributed by atoms with Crippen molar-refractivity contribution in [1.29, 1.82) is 0 Å². The molecule has 2 N–H and O–H groups in total. The molecule has 1 aliphatic heterocycles. The Balaban J connectivity index is 1.19. The van der Waals surface area contributed by atoms with E-state index in [1.165, 1.54) is 41.3 Å². The number of benzene rings is 3. The maximum Gasteiger partial charge on any atom is 0.398 e. The maximum absolute atomic E-state index is 13.4. The van der Waals surface area contributed by atoms with Crippen LogP contribution in [0.3, 0.4) is 0 Å². The first-order chi connectivity index (χ1) is 18.6. The maximum atomic E-state index is 13.4. The Kier molecular flexibility index (Phi) is 6.80. The molecule has 1 saturated carbocycles. The number of likely N-dealkylation sites (tertiary alicyclic amines) is 1. The van der Waals surface area contributed by atoms with Gasteiger partial charge in [0.25, 0.3) is 0 Å². The van der Waals surface area contributed by atoms with Gasteiger partial charge in [0.05, 0.1) is 11.4 Å². The molecule has 2 fully saturated rings. The molecule has 1 atom stereocenters. The van der Waals surface area contributed by atoms with Crippen molar-refractivity contribution in [3.63, 3.8) is 0 Å². The number of rotatable bonds is 6. The van der Waals surface area contributed by atoms with E-state index in [4.69, 9.17) is 0 Å². The van der Waals surface area contributed by atoms with Gasteiger partial charge in [0.15, 0.2) is 0 Å². The van der Waals surface area contributed by atoms with Crippen molar-refractivity contribution in [2.24, 2.45) is 0 Å². The summed E-state index contributed by atoms with van der Waals surface area (Å²) in [4.78, 5) is 38.3. The number of carboxylic acids is 1. The van der Waals surface area contributed by atoms with E-state index in [1.54, 1.807) is 36.4 Å². The van der Waals surface area contributed by atoms with Crippen LogP contribution in [0.1, 0.15) is 41.6 Å². The number of carbonyl (C=O) groups is 3. The first-order valence-corrected chi connectivity index (χ1v) is 12.5. The summed E-state index contributed by atoms with van der Waals surface area (Å²) in [6.45, 7) is 0.375. The minimum Gasteiger partial charge on any atom is -0.545 e. The third kappa shape index (κ3) is 5.32. The van der Waals surface area contributed by atoms with E-state index in [0.29, 0.717) is 30.8 Å². The summed E-state index contributed by atoms with van der Waals surface area (Å²) in [6.07, 6.45) is -3.06. The van der Waals surface area contributed by atoms with Gasteiger partial charge in [0.2, 0.25) is 5.91 Å². The van der Waals surface area contributed by atoms with Crippen molar-refractivity contribution < 1.29 is 32.7 Å². The van der Waals surface area contributed by atoms with Gasteiger partial charge < -0.3 is 25.4 Å². The van der Waals surface area contributed by atoms with Crippen LogP contribution < -0.4 is 15.7 Å². The smallest absolute Gasteiger partial charge is 0.398 e. The molecular weight excluding hydrogens is 511 g/mol. The molecule has 1 aliphatic carbocycles. The topological polar surface area (TPSA) is 102 Å². The second-order valence-electron chi connectivity index (χ2n) is 9.87. The standard InChI is InChI=1S/C29H26F3N3O4/c30-29(31,32)28(15-16-28)21-9-13-23(14-10-21)34-27(39)35-17-1-2-24(35)25(36)33-22-11-7-19(8-12-22)18-3-5-20(6-4-18)26(37)38/h3-14,24H,1-2,15-17H2,(H,33,36)(H,34,39)(H,37,38)/p-1/t24-/m1/s1. The summed E-state index contributed by atoms with van der Waals surface area (Å²) in [5.41, 5.74) is 1.01. The Hall–Kier alpha value is -4.34. The van der Waals surface area contributed by atoms with Gasteiger partial charge in [-0.3, -0.25) is 4.79 Å². The monoisotopic (exact) mass is 536 g/mol. The van der Waals surface area contributed by atoms with Crippen molar-refractivity contribution in [2.75, 3.05) is 17.2 Å². The SMILES string of the molecule is O=C([O-])c1ccc(-c2ccc(NC(=O)[C@H]3CCCN3C(=O)Nc3ccc(C4(C(F)(F)F)CC4)cc3)cc2)cc1. The average molecular weight is 537 g/mol. The van der Waals surface area contributed by atoms with E-state index in [1.807, 2.05) is 0 Å². The Morgan fingerprint density at radius 1 is 0.821 bits per heavy atom. The van der Waals surface area contributed by atoms with Gasteiger partial charge in [0.1, 0.15) is 6.04 Å². The molecular formula is C29H25F3N3O4-. The summed E-state index contributed by atoms with van der Waals surface area (Å²) in [7, 11) is 0. The van der Waals surface area contributed by atoms with Gasteiger partial charge in [0, 0.05) is 17.9 Å². The van der Waals surface area contributed by atoms with E-state index in [2.05, 4.69) is 10.6 Å². The fourth-order valence-corrected chi connectivity index (χ4v) is 4.98. The highest BCUT2D eigenvalue weighted by molar-refractivity contribution is 5.99. The quantitative estimate of drug-likeness (QED) is 0.466. The summed E-state index contributed by atoms with van der Waals surface area (Å²) in [5, 5.41) is 16.4. The lowest BCUT2D eigenvalue weighted by Crippen LogP contribution is -2.45. The van der Waals surface area contributed by atoms with E-state index in [0.717, 1.165) is 11.1 Å². The molecule has 0 aromatic heterocycles. The lowest BCUT2D eigenvalue weighted by atomic mass is 9.95.